The molecule has 1 heterocycles. The first-order valence-electron chi connectivity index (χ1n) is 3.80. The molecule has 1 aliphatic heterocycles. The van der Waals surface area contributed by atoms with Crippen LogP contribution in [0.4, 0.5) is 0 Å². The average Bonchev–Trinajstić information content (AvgIpc) is 2.45. The molecule has 0 spiro atoms. The standard InChI is InChI=1S/C8H10O3/c9-4-5-1-2-7-6(5)3-8(10)11-7/h1,6-7,9H,2-4H2/t6-,7+/m1/s1. The fourth-order valence-corrected chi connectivity index (χ4v) is 1.79. The summed E-state index contributed by atoms with van der Waals surface area (Å²) in [7, 11) is 0. The van der Waals surface area contributed by atoms with Gasteiger partial charge in [-0.3, -0.25) is 4.79 Å². The Bertz CT molecular complexity index is 219. The topological polar surface area (TPSA) is 46.5 Å². The van der Waals surface area contributed by atoms with Crippen molar-refractivity contribution >= 4 is 5.97 Å². The summed E-state index contributed by atoms with van der Waals surface area (Å²) in [6.45, 7) is 0.0673. The number of fused-ring (bicyclic) bond motifs is 1. The van der Waals surface area contributed by atoms with Crippen molar-refractivity contribution in [1.29, 1.82) is 0 Å². The molecule has 1 saturated heterocycles. The molecule has 1 aliphatic carbocycles. The Morgan fingerprint density at radius 2 is 2.55 bits per heavy atom. The first-order chi connectivity index (χ1) is 5.31. The zero-order valence-electron chi connectivity index (χ0n) is 6.12. The predicted molar refractivity (Wildman–Crippen MR) is 37.8 cm³/mol. The number of carbonyl (C=O) groups excluding carboxylic acids is 1. The fourth-order valence-electron chi connectivity index (χ4n) is 1.79. The lowest BCUT2D eigenvalue weighted by atomic mass is 9.99. The number of aliphatic hydroxyl groups excluding tert-OH is 1. The number of hydrogen-bond donors (Lipinski definition) is 1. The van der Waals surface area contributed by atoms with Gasteiger partial charge in [0.15, 0.2) is 0 Å². The minimum absolute atomic E-state index is 0.0321. The molecule has 0 bridgehead atoms. The maximum atomic E-state index is 10.8. The van der Waals surface area contributed by atoms with Crippen molar-refractivity contribution in [3.8, 4) is 0 Å². The van der Waals surface area contributed by atoms with Crippen LogP contribution in [-0.2, 0) is 9.53 Å². The molecule has 0 radical (unpaired) electrons. The minimum Gasteiger partial charge on any atom is -0.461 e. The molecule has 0 saturated carbocycles. The van der Waals surface area contributed by atoms with Crippen LogP contribution in [0, 0.1) is 5.92 Å². The maximum Gasteiger partial charge on any atom is 0.306 e. The highest BCUT2D eigenvalue weighted by Gasteiger charge is 2.39. The van der Waals surface area contributed by atoms with Crippen LogP contribution in [0.25, 0.3) is 0 Å². The van der Waals surface area contributed by atoms with E-state index in [4.69, 9.17) is 9.84 Å². The van der Waals surface area contributed by atoms with Gasteiger partial charge in [0.25, 0.3) is 0 Å². The third-order valence-corrected chi connectivity index (χ3v) is 2.39. The van der Waals surface area contributed by atoms with Crippen LogP contribution >= 0.6 is 0 Å². The van der Waals surface area contributed by atoms with Crippen LogP contribution < -0.4 is 0 Å². The summed E-state index contributed by atoms with van der Waals surface area (Å²) in [6.07, 6.45) is 3.25. The van der Waals surface area contributed by atoms with Crippen LogP contribution in [0.1, 0.15) is 12.8 Å². The fraction of sp³-hybridized carbons (Fsp3) is 0.625. The lowest BCUT2D eigenvalue weighted by molar-refractivity contribution is -0.141. The molecule has 60 valence electrons. The van der Waals surface area contributed by atoms with E-state index in [9.17, 15) is 4.79 Å². The van der Waals surface area contributed by atoms with Gasteiger partial charge in [0.05, 0.1) is 13.0 Å². The molecule has 2 rings (SSSR count). The van der Waals surface area contributed by atoms with E-state index in [2.05, 4.69) is 0 Å². The van der Waals surface area contributed by atoms with E-state index in [1.54, 1.807) is 0 Å². The van der Waals surface area contributed by atoms with Gasteiger partial charge in [0.1, 0.15) is 6.10 Å². The van der Waals surface area contributed by atoms with Crippen molar-refractivity contribution in [2.75, 3.05) is 6.61 Å². The summed E-state index contributed by atoms with van der Waals surface area (Å²) in [4.78, 5) is 10.8. The Morgan fingerprint density at radius 1 is 1.73 bits per heavy atom. The van der Waals surface area contributed by atoms with Gasteiger partial charge in [-0.2, -0.15) is 0 Å². The number of esters is 1. The van der Waals surface area contributed by atoms with Crippen molar-refractivity contribution < 1.29 is 14.6 Å². The Kier molecular flexibility index (Phi) is 1.46. The van der Waals surface area contributed by atoms with Crippen molar-refractivity contribution in [1.82, 2.24) is 0 Å². The highest BCUT2D eigenvalue weighted by atomic mass is 16.5. The Hall–Kier alpha value is -0.830. The molecule has 3 nitrogen and oxygen atoms in total. The number of ether oxygens (including phenoxy) is 1. The second kappa shape index (κ2) is 2.34. The van der Waals surface area contributed by atoms with Crippen molar-refractivity contribution in [3.05, 3.63) is 11.6 Å². The van der Waals surface area contributed by atoms with Crippen LogP contribution in [0.5, 0.6) is 0 Å². The molecule has 1 N–H and O–H groups in total. The number of hydrogen-bond acceptors (Lipinski definition) is 3. The monoisotopic (exact) mass is 154 g/mol. The van der Waals surface area contributed by atoms with E-state index < -0.39 is 0 Å². The third-order valence-electron chi connectivity index (χ3n) is 2.39. The van der Waals surface area contributed by atoms with Crippen LogP contribution in [0.3, 0.4) is 0 Å². The van der Waals surface area contributed by atoms with Crippen molar-refractivity contribution in [2.24, 2.45) is 5.92 Å². The Balaban J connectivity index is 2.14. The average molecular weight is 154 g/mol. The van der Waals surface area contributed by atoms with E-state index in [1.165, 1.54) is 0 Å². The molecule has 0 unspecified atom stereocenters. The molecule has 0 aromatic heterocycles. The summed E-state index contributed by atoms with van der Waals surface area (Å²) in [5.41, 5.74) is 0.973. The van der Waals surface area contributed by atoms with E-state index in [-0.39, 0.29) is 24.6 Å². The zero-order valence-corrected chi connectivity index (χ0v) is 6.12. The Labute approximate surface area is 64.7 Å². The molecule has 2 atom stereocenters. The maximum absolute atomic E-state index is 10.8. The van der Waals surface area contributed by atoms with Gasteiger partial charge < -0.3 is 9.84 Å². The van der Waals surface area contributed by atoms with E-state index in [0.29, 0.717) is 6.42 Å². The second-order valence-corrected chi connectivity index (χ2v) is 3.01. The highest BCUT2D eigenvalue weighted by molar-refractivity contribution is 5.73. The summed E-state index contributed by atoms with van der Waals surface area (Å²) in [5.74, 6) is 0.0477. The Morgan fingerprint density at radius 3 is 3.27 bits per heavy atom. The van der Waals surface area contributed by atoms with Crippen LogP contribution in [0.2, 0.25) is 0 Å². The van der Waals surface area contributed by atoms with Gasteiger partial charge in [-0.1, -0.05) is 6.08 Å². The van der Waals surface area contributed by atoms with Gasteiger partial charge in [-0.05, 0) is 5.57 Å². The summed E-state index contributed by atoms with van der Waals surface area (Å²) >= 11 is 0. The quantitative estimate of drug-likeness (QED) is 0.434. The van der Waals surface area contributed by atoms with Crippen molar-refractivity contribution in [3.63, 3.8) is 0 Å². The molecular formula is C8H10O3. The lowest BCUT2D eigenvalue weighted by Crippen LogP contribution is -2.12. The first kappa shape index (κ1) is 6.85. The summed E-state index contributed by atoms with van der Waals surface area (Å²) in [5, 5.41) is 8.86. The number of carbonyl (C=O) groups is 1. The summed E-state index contributed by atoms with van der Waals surface area (Å²) < 4.78 is 5.02. The van der Waals surface area contributed by atoms with Gasteiger partial charge >= 0.3 is 5.97 Å². The van der Waals surface area contributed by atoms with Crippen LogP contribution in [-0.4, -0.2) is 23.8 Å². The smallest absolute Gasteiger partial charge is 0.306 e. The van der Waals surface area contributed by atoms with Crippen LogP contribution in [0.15, 0.2) is 11.6 Å². The third kappa shape index (κ3) is 0.959. The molecular weight excluding hydrogens is 144 g/mol. The zero-order chi connectivity index (χ0) is 7.84. The molecule has 1 fully saturated rings. The largest absolute Gasteiger partial charge is 0.461 e. The van der Waals surface area contributed by atoms with E-state index in [1.807, 2.05) is 6.08 Å². The van der Waals surface area contributed by atoms with Gasteiger partial charge in [-0.15, -0.1) is 0 Å². The SMILES string of the molecule is O=C1C[C@@H]2C(CO)=CC[C@@H]2O1. The van der Waals surface area contributed by atoms with Crippen molar-refractivity contribution in [2.45, 2.75) is 18.9 Å². The van der Waals surface area contributed by atoms with Gasteiger partial charge in [-0.25, -0.2) is 0 Å². The van der Waals surface area contributed by atoms with Gasteiger partial charge in [0, 0.05) is 12.3 Å². The molecule has 0 aromatic carbocycles. The number of rotatable bonds is 1. The molecule has 3 heteroatoms. The second-order valence-electron chi connectivity index (χ2n) is 3.01. The van der Waals surface area contributed by atoms with E-state index in [0.717, 1.165) is 12.0 Å². The normalized spacial score (nSPS) is 35.0. The lowest BCUT2D eigenvalue weighted by Gasteiger charge is -2.08. The van der Waals surface area contributed by atoms with E-state index >= 15 is 0 Å². The molecule has 0 aromatic rings. The highest BCUT2D eigenvalue weighted by Crippen LogP contribution is 2.36. The molecule has 0 amide bonds. The van der Waals surface area contributed by atoms with Gasteiger partial charge in [0.2, 0.25) is 0 Å². The first-order valence-corrected chi connectivity index (χ1v) is 3.80. The minimum atomic E-state index is -0.126. The molecule has 2 aliphatic rings. The summed E-state index contributed by atoms with van der Waals surface area (Å²) in [6, 6.07) is 0. The predicted octanol–water partition coefficient (Wildman–Crippen LogP) is 0.240. The molecule has 11 heavy (non-hydrogen) atoms. The number of aliphatic hydroxyl groups is 1.